The molecule has 3 aromatic rings. The second-order valence-electron chi connectivity index (χ2n) is 8.81. The number of halogens is 3. The molecular weight excluding hydrogens is 441 g/mol. The lowest BCUT2D eigenvalue weighted by Gasteiger charge is -2.37. The minimum Gasteiger partial charge on any atom is -0.353 e. The van der Waals surface area contributed by atoms with E-state index in [2.05, 4.69) is 10.3 Å². The Balaban J connectivity index is 1.36. The molecule has 2 N–H and O–H groups in total. The fourth-order valence-electron chi connectivity index (χ4n) is 4.82. The van der Waals surface area contributed by atoms with Crippen molar-refractivity contribution < 1.29 is 26.4 Å². The van der Waals surface area contributed by atoms with E-state index < -0.39 is 27.3 Å². The second kappa shape index (κ2) is 7.65. The third-order valence-electron chi connectivity index (χ3n) is 6.36. The number of aromatic nitrogens is 1. The predicted molar refractivity (Wildman–Crippen MR) is 114 cm³/mol. The number of fused-ring (bicyclic) bond motifs is 1. The molecule has 1 aliphatic heterocycles. The Bertz CT molecular complexity index is 1300. The lowest BCUT2D eigenvalue weighted by atomic mass is 9.74. The van der Waals surface area contributed by atoms with E-state index >= 15 is 0 Å². The van der Waals surface area contributed by atoms with Crippen molar-refractivity contribution in [1.82, 2.24) is 10.3 Å². The number of aromatic amines is 1. The number of rotatable bonds is 5. The van der Waals surface area contributed by atoms with Crippen LogP contribution < -0.4 is 5.32 Å². The van der Waals surface area contributed by atoms with Crippen LogP contribution in [0.2, 0.25) is 0 Å². The second-order valence-corrected chi connectivity index (χ2v) is 11.0. The summed E-state index contributed by atoms with van der Waals surface area (Å²) in [6.45, 7) is 0. The van der Waals surface area contributed by atoms with Crippen molar-refractivity contribution in [3.05, 3.63) is 59.4 Å². The van der Waals surface area contributed by atoms with Gasteiger partial charge in [0.25, 0.3) is 0 Å². The van der Waals surface area contributed by atoms with Gasteiger partial charge in [0, 0.05) is 23.9 Å². The summed E-state index contributed by atoms with van der Waals surface area (Å²) in [6.07, 6.45) is 1.37. The molecule has 2 heterocycles. The highest BCUT2D eigenvalue weighted by atomic mass is 32.2. The molecule has 0 radical (unpaired) electrons. The smallest absolute Gasteiger partial charge is 0.220 e. The minimum atomic E-state index is -2.96. The van der Waals surface area contributed by atoms with Crippen molar-refractivity contribution in [2.75, 3.05) is 11.5 Å². The van der Waals surface area contributed by atoms with Crippen LogP contribution in [0, 0.1) is 23.4 Å². The molecule has 5 rings (SSSR count). The number of hydrogen-bond acceptors (Lipinski definition) is 3. The van der Waals surface area contributed by atoms with Crippen LogP contribution in [0.25, 0.3) is 22.2 Å². The molecule has 0 atom stereocenters. The van der Waals surface area contributed by atoms with E-state index in [9.17, 15) is 26.4 Å². The van der Waals surface area contributed by atoms with Gasteiger partial charge in [-0.25, -0.2) is 21.6 Å². The molecule has 1 saturated heterocycles. The summed E-state index contributed by atoms with van der Waals surface area (Å²) in [5, 5.41) is 3.37. The van der Waals surface area contributed by atoms with Gasteiger partial charge in [-0.1, -0.05) is 0 Å². The van der Waals surface area contributed by atoms with E-state index in [-0.39, 0.29) is 47.2 Å². The van der Waals surface area contributed by atoms with Crippen LogP contribution in [0.15, 0.2) is 36.4 Å². The number of H-pyrrole nitrogens is 1. The molecule has 2 aromatic carbocycles. The Morgan fingerprint density at radius 3 is 2.38 bits per heavy atom. The van der Waals surface area contributed by atoms with Gasteiger partial charge in [0.1, 0.15) is 17.5 Å². The van der Waals surface area contributed by atoms with Gasteiger partial charge < -0.3 is 10.3 Å². The molecule has 0 unspecified atom stereocenters. The topological polar surface area (TPSA) is 79.0 Å². The molecule has 32 heavy (non-hydrogen) atoms. The Labute approximate surface area is 182 Å². The van der Waals surface area contributed by atoms with Crippen molar-refractivity contribution >= 4 is 26.6 Å². The van der Waals surface area contributed by atoms with E-state index in [1.807, 2.05) is 0 Å². The molecule has 168 valence electrons. The predicted octanol–water partition coefficient (Wildman–Crippen LogP) is 4.05. The summed E-state index contributed by atoms with van der Waals surface area (Å²) < 4.78 is 64.3. The summed E-state index contributed by atoms with van der Waals surface area (Å²) in [5.41, 5.74) is 2.22. The van der Waals surface area contributed by atoms with Crippen molar-refractivity contribution in [2.45, 2.75) is 31.2 Å². The van der Waals surface area contributed by atoms with Crippen LogP contribution in [0.5, 0.6) is 0 Å². The van der Waals surface area contributed by atoms with Gasteiger partial charge in [-0.15, -0.1) is 0 Å². The van der Waals surface area contributed by atoms with E-state index in [0.29, 0.717) is 29.5 Å². The zero-order valence-electron chi connectivity index (χ0n) is 17.0. The van der Waals surface area contributed by atoms with Gasteiger partial charge in [-0.3, -0.25) is 4.79 Å². The average molecular weight is 462 g/mol. The maximum Gasteiger partial charge on any atom is 0.220 e. The molecular formula is C23H21F3N2O3S. The normalized spacial score (nSPS) is 22.3. The lowest BCUT2D eigenvalue weighted by molar-refractivity contribution is -0.123. The van der Waals surface area contributed by atoms with Gasteiger partial charge in [-0.2, -0.15) is 0 Å². The van der Waals surface area contributed by atoms with Gasteiger partial charge >= 0.3 is 0 Å². The van der Waals surface area contributed by atoms with Crippen molar-refractivity contribution in [1.29, 1.82) is 0 Å². The number of amides is 1. The Morgan fingerprint density at radius 1 is 1.03 bits per heavy atom. The first-order valence-corrected chi connectivity index (χ1v) is 12.3. The van der Waals surface area contributed by atoms with E-state index in [0.717, 1.165) is 11.6 Å². The summed E-state index contributed by atoms with van der Waals surface area (Å²) >= 11 is 0. The van der Waals surface area contributed by atoms with Crippen LogP contribution in [-0.2, 0) is 14.6 Å². The number of carbonyl (C=O) groups is 1. The molecule has 2 fully saturated rings. The monoisotopic (exact) mass is 462 g/mol. The Morgan fingerprint density at radius 2 is 1.72 bits per heavy atom. The quantitative estimate of drug-likeness (QED) is 0.601. The van der Waals surface area contributed by atoms with Gasteiger partial charge in [0.05, 0.1) is 22.7 Å². The van der Waals surface area contributed by atoms with E-state index in [4.69, 9.17) is 0 Å². The molecule has 9 heteroatoms. The van der Waals surface area contributed by atoms with Crippen LogP contribution >= 0.6 is 0 Å². The molecule has 1 amide bonds. The number of hydrogen-bond donors (Lipinski definition) is 2. The Hall–Kier alpha value is -2.81. The van der Waals surface area contributed by atoms with Crippen LogP contribution in [0.3, 0.4) is 0 Å². The summed E-state index contributed by atoms with van der Waals surface area (Å²) in [4.78, 5) is 15.3. The first-order chi connectivity index (χ1) is 15.2. The third-order valence-corrected chi connectivity index (χ3v) is 8.32. The molecule has 1 aliphatic carbocycles. The lowest BCUT2D eigenvalue weighted by Crippen LogP contribution is -2.46. The number of carbonyl (C=O) groups excluding carboxylic acids is 1. The summed E-state index contributed by atoms with van der Waals surface area (Å²) in [6, 6.07) is 7.82. The summed E-state index contributed by atoms with van der Waals surface area (Å²) in [5.74, 6) is -2.00. The van der Waals surface area contributed by atoms with Crippen molar-refractivity contribution in [3.63, 3.8) is 0 Å². The van der Waals surface area contributed by atoms with Crippen LogP contribution in [-0.4, -0.2) is 36.9 Å². The first-order valence-electron chi connectivity index (χ1n) is 10.4. The minimum absolute atomic E-state index is 0.0422. The largest absolute Gasteiger partial charge is 0.353 e. The van der Waals surface area contributed by atoms with E-state index in [1.165, 1.54) is 18.2 Å². The fourth-order valence-corrected chi connectivity index (χ4v) is 6.39. The number of nitrogens with one attached hydrogen (secondary N) is 2. The third kappa shape index (κ3) is 3.90. The van der Waals surface area contributed by atoms with E-state index in [1.54, 1.807) is 12.1 Å². The SMILES string of the molecule is O=C(CC1CS(=O)(=O)C1)N[C@H]1C[C@H](c2c(-c3ccc(F)cc3)[nH]c3c(F)cc(F)cc32)C1. The van der Waals surface area contributed by atoms with Crippen LogP contribution in [0.1, 0.15) is 30.7 Å². The maximum atomic E-state index is 14.4. The van der Waals surface area contributed by atoms with Gasteiger partial charge in [0.2, 0.25) is 5.91 Å². The molecule has 0 bridgehead atoms. The zero-order valence-corrected chi connectivity index (χ0v) is 17.8. The fraction of sp³-hybridized carbons (Fsp3) is 0.348. The molecule has 1 aromatic heterocycles. The number of benzene rings is 2. The molecule has 2 aliphatic rings. The highest BCUT2D eigenvalue weighted by molar-refractivity contribution is 7.92. The zero-order chi connectivity index (χ0) is 22.6. The van der Waals surface area contributed by atoms with Crippen molar-refractivity contribution in [3.8, 4) is 11.3 Å². The van der Waals surface area contributed by atoms with Crippen LogP contribution in [0.4, 0.5) is 13.2 Å². The summed E-state index contributed by atoms with van der Waals surface area (Å²) in [7, 11) is -2.96. The maximum absolute atomic E-state index is 14.4. The highest BCUT2D eigenvalue weighted by Gasteiger charge is 2.38. The first kappa shape index (κ1) is 21.1. The highest BCUT2D eigenvalue weighted by Crippen LogP contribution is 2.45. The van der Waals surface area contributed by atoms with Crippen molar-refractivity contribution in [2.24, 2.45) is 5.92 Å². The molecule has 0 spiro atoms. The molecule has 1 saturated carbocycles. The Kier molecular flexibility index (Phi) is 5.03. The standard InChI is InChI=1S/C23H21F3N2O3S/c24-15-3-1-13(2-4-15)22-21(18-8-16(25)9-19(26)23(18)28-22)14-6-17(7-14)27-20(29)5-12-10-32(30,31)11-12/h1-4,8-9,12,14,17,28H,5-7,10-11H2,(H,27,29)/t14-,17-. The van der Waals surface area contributed by atoms with Gasteiger partial charge in [-0.05, 0) is 66.1 Å². The number of sulfone groups is 1. The molecule has 5 nitrogen and oxygen atoms in total. The average Bonchev–Trinajstić information content (AvgIpc) is 3.02. The van der Waals surface area contributed by atoms with Gasteiger partial charge in [0.15, 0.2) is 9.84 Å².